The molecule has 3 aromatic rings. The molecule has 1 amide bonds. The molecular formula is C25H27N5O4S. The van der Waals surface area contributed by atoms with Crippen molar-refractivity contribution < 1.29 is 19.1 Å². The van der Waals surface area contributed by atoms with E-state index >= 15 is 0 Å². The first-order valence-corrected chi connectivity index (χ1v) is 12.1. The fraction of sp³-hybridized carbons (Fsp3) is 0.280. The second kappa shape index (κ2) is 11.6. The van der Waals surface area contributed by atoms with E-state index in [4.69, 9.17) is 9.47 Å². The highest BCUT2D eigenvalue weighted by Crippen LogP contribution is 2.28. The lowest BCUT2D eigenvalue weighted by Gasteiger charge is -2.37. The zero-order valence-electron chi connectivity index (χ0n) is 19.6. The maximum atomic E-state index is 12.6. The van der Waals surface area contributed by atoms with Crippen LogP contribution in [0.25, 0.3) is 0 Å². The van der Waals surface area contributed by atoms with Gasteiger partial charge in [0.1, 0.15) is 10.8 Å². The van der Waals surface area contributed by atoms with Crippen LogP contribution < -0.4 is 19.9 Å². The molecular weight excluding hydrogens is 466 g/mol. The van der Waals surface area contributed by atoms with E-state index in [1.54, 1.807) is 43.8 Å². The summed E-state index contributed by atoms with van der Waals surface area (Å²) in [6, 6.07) is 14.8. The Bertz CT molecular complexity index is 1170. The fourth-order valence-electron chi connectivity index (χ4n) is 3.81. The number of para-hydroxylation sites is 1. The molecule has 0 radical (unpaired) electrons. The number of amides is 1. The monoisotopic (exact) mass is 493 g/mol. The van der Waals surface area contributed by atoms with Gasteiger partial charge in [0.15, 0.2) is 5.82 Å². The van der Waals surface area contributed by atoms with Crippen LogP contribution in [-0.2, 0) is 9.53 Å². The minimum absolute atomic E-state index is 0.132. The first-order valence-electron chi connectivity index (χ1n) is 11.1. The van der Waals surface area contributed by atoms with E-state index in [2.05, 4.69) is 37.2 Å². The van der Waals surface area contributed by atoms with Gasteiger partial charge in [0, 0.05) is 44.3 Å². The highest BCUT2D eigenvalue weighted by molar-refractivity contribution is 8.00. The summed E-state index contributed by atoms with van der Waals surface area (Å²) in [5, 5.41) is 3.49. The number of benzene rings is 2. The van der Waals surface area contributed by atoms with Gasteiger partial charge in [0.2, 0.25) is 5.91 Å². The normalized spacial score (nSPS) is 13.3. The molecule has 0 aliphatic carbocycles. The van der Waals surface area contributed by atoms with Crippen molar-refractivity contribution in [2.75, 3.05) is 61.3 Å². The van der Waals surface area contributed by atoms with Gasteiger partial charge in [0.05, 0.1) is 31.2 Å². The third kappa shape index (κ3) is 6.02. The molecule has 0 bridgehead atoms. The molecule has 1 saturated heterocycles. The van der Waals surface area contributed by atoms with Gasteiger partial charge < -0.3 is 24.6 Å². The molecule has 10 heteroatoms. The van der Waals surface area contributed by atoms with Crippen LogP contribution in [0.3, 0.4) is 0 Å². The van der Waals surface area contributed by atoms with Crippen LogP contribution in [0, 0.1) is 0 Å². The number of carbonyl (C=O) groups is 2. The molecule has 182 valence electrons. The van der Waals surface area contributed by atoms with E-state index < -0.39 is 5.97 Å². The van der Waals surface area contributed by atoms with Crippen LogP contribution in [0.15, 0.2) is 66.0 Å². The SMILES string of the molecule is COC(=O)c1ccccc1NC(=O)CSc1nccnc1N1CCN(c2ccc(OC)cc2)CC1. The summed E-state index contributed by atoms with van der Waals surface area (Å²) in [6.07, 6.45) is 3.30. The van der Waals surface area contributed by atoms with Gasteiger partial charge in [-0.15, -0.1) is 0 Å². The molecule has 0 saturated carbocycles. The number of ether oxygens (including phenoxy) is 2. The van der Waals surface area contributed by atoms with Gasteiger partial charge in [0.25, 0.3) is 0 Å². The van der Waals surface area contributed by atoms with Crippen molar-refractivity contribution in [2.45, 2.75) is 5.03 Å². The maximum Gasteiger partial charge on any atom is 0.339 e. The van der Waals surface area contributed by atoms with Gasteiger partial charge in [-0.05, 0) is 36.4 Å². The summed E-state index contributed by atoms with van der Waals surface area (Å²) in [5.74, 6) is 0.999. The number of rotatable bonds is 8. The van der Waals surface area contributed by atoms with Crippen molar-refractivity contribution in [3.8, 4) is 5.75 Å². The topological polar surface area (TPSA) is 96.9 Å². The van der Waals surface area contributed by atoms with Crippen molar-refractivity contribution >= 4 is 40.8 Å². The molecule has 1 aliphatic rings. The summed E-state index contributed by atoms with van der Waals surface area (Å²) in [7, 11) is 2.97. The minimum atomic E-state index is -0.501. The van der Waals surface area contributed by atoms with Crippen molar-refractivity contribution in [3.63, 3.8) is 0 Å². The van der Waals surface area contributed by atoms with Gasteiger partial charge >= 0.3 is 5.97 Å². The second-order valence-electron chi connectivity index (χ2n) is 7.73. The predicted molar refractivity (Wildman–Crippen MR) is 137 cm³/mol. The number of hydrogen-bond acceptors (Lipinski definition) is 9. The van der Waals surface area contributed by atoms with Gasteiger partial charge in [-0.25, -0.2) is 14.8 Å². The number of thioether (sulfide) groups is 1. The standard InChI is InChI=1S/C25H27N5O4S/c1-33-19-9-7-18(8-10-19)29-13-15-30(16-14-29)23-24(27-12-11-26-23)35-17-22(31)28-21-6-4-3-5-20(21)25(32)34-2/h3-12H,13-17H2,1-2H3,(H,28,31). The number of piperazine rings is 1. The summed E-state index contributed by atoms with van der Waals surface area (Å²) in [4.78, 5) is 38.1. The lowest BCUT2D eigenvalue weighted by molar-refractivity contribution is -0.113. The highest BCUT2D eigenvalue weighted by Gasteiger charge is 2.22. The Balaban J connectivity index is 1.36. The molecule has 0 unspecified atom stereocenters. The number of esters is 1. The lowest BCUT2D eigenvalue weighted by Crippen LogP contribution is -2.47. The number of hydrogen-bond donors (Lipinski definition) is 1. The summed E-state index contributed by atoms with van der Waals surface area (Å²) < 4.78 is 10.0. The van der Waals surface area contributed by atoms with E-state index in [0.29, 0.717) is 16.3 Å². The first-order chi connectivity index (χ1) is 17.1. The quantitative estimate of drug-likeness (QED) is 0.374. The molecule has 1 aromatic heterocycles. The van der Waals surface area contributed by atoms with Gasteiger partial charge in [-0.1, -0.05) is 23.9 Å². The van der Waals surface area contributed by atoms with Gasteiger partial charge in [-0.2, -0.15) is 0 Å². The number of methoxy groups -OCH3 is 2. The van der Waals surface area contributed by atoms with Crippen molar-refractivity contribution in [1.29, 1.82) is 0 Å². The smallest absolute Gasteiger partial charge is 0.339 e. The molecule has 2 aromatic carbocycles. The molecule has 2 heterocycles. The van der Waals surface area contributed by atoms with Crippen molar-refractivity contribution in [3.05, 3.63) is 66.5 Å². The van der Waals surface area contributed by atoms with Gasteiger partial charge in [-0.3, -0.25) is 4.79 Å². The molecule has 0 atom stereocenters. The second-order valence-corrected chi connectivity index (χ2v) is 8.70. The van der Waals surface area contributed by atoms with Crippen LogP contribution in [0.2, 0.25) is 0 Å². The summed E-state index contributed by atoms with van der Waals surface area (Å²) in [6.45, 7) is 3.27. The molecule has 4 rings (SSSR count). The number of aromatic nitrogens is 2. The fourth-order valence-corrected chi connectivity index (χ4v) is 4.59. The highest BCUT2D eigenvalue weighted by atomic mass is 32.2. The van der Waals surface area contributed by atoms with Crippen molar-refractivity contribution in [1.82, 2.24) is 9.97 Å². The summed E-state index contributed by atoms with van der Waals surface area (Å²) >= 11 is 1.32. The Morgan fingerprint density at radius 3 is 2.34 bits per heavy atom. The predicted octanol–water partition coefficient (Wildman–Crippen LogP) is 3.33. The Morgan fingerprint density at radius 2 is 1.63 bits per heavy atom. The average Bonchev–Trinajstić information content (AvgIpc) is 2.92. The van der Waals surface area contributed by atoms with E-state index in [1.165, 1.54) is 18.9 Å². The van der Waals surface area contributed by atoms with Crippen LogP contribution in [0.4, 0.5) is 17.2 Å². The number of nitrogens with one attached hydrogen (secondary N) is 1. The van der Waals surface area contributed by atoms with E-state index in [1.807, 2.05) is 12.1 Å². The molecule has 1 fully saturated rings. The Labute approximate surface area is 208 Å². The molecule has 35 heavy (non-hydrogen) atoms. The number of carbonyl (C=O) groups excluding carboxylic acids is 2. The van der Waals surface area contributed by atoms with Crippen LogP contribution in [-0.4, -0.2) is 68.0 Å². The van der Waals surface area contributed by atoms with Crippen LogP contribution in [0.5, 0.6) is 5.75 Å². The largest absolute Gasteiger partial charge is 0.497 e. The van der Waals surface area contributed by atoms with Crippen molar-refractivity contribution in [2.24, 2.45) is 0 Å². The Kier molecular flexibility index (Phi) is 8.04. The minimum Gasteiger partial charge on any atom is -0.497 e. The molecule has 9 nitrogen and oxygen atoms in total. The van der Waals surface area contributed by atoms with E-state index in [-0.39, 0.29) is 11.7 Å². The molecule has 1 N–H and O–H groups in total. The lowest BCUT2D eigenvalue weighted by atomic mass is 10.2. The Morgan fingerprint density at radius 1 is 0.943 bits per heavy atom. The summed E-state index contributed by atoms with van der Waals surface area (Å²) in [5.41, 5.74) is 1.88. The van der Waals surface area contributed by atoms with E-state index in [0.717, 1.165) is 43.4 Å². The van der Waals surface area contributed by atoms with Crippen LogP contribution in [0.1, 0.15) is 10.4 Å². The zero-order chi connectivity index (χ0) is 24.6. The average molecular weight is 494 g/mol. The van der Waals surface area contributed by atoms with Crippen LogP contribution >= 0.6 is 11.8 Å². The number of nitrogens with zero attached hydrogens (tertiary/aromatic N) is 4. The molecule has 0 spiro atoms. The third-order valence-corrected chi connectivity index (χ3v) is 6.58. The Hall–Kier alpha value is -3.79. The number of anilines is 3. The zero-order valence-corrected chi connectivity index (χ0v) is 20.5. The molecule has 1 aliphatic heterocycles. The first kappa shape index (κ1) is 24.3. The third-order valence-electron chi connectivity index (χ3n) is 5.61. The van der Waals surface area contributed by atoms with E-state index in [9.17, 15) is 9.59 Å². The maximum absolute atomic E-state index is 12.6.